The maximum atomic E-state index is 11.3. The molecule has 0 aromatic heterocycles. The minimum absolute atomic E-state index is 0.217. The standard InChI is InChI=1S/C14H20N2O4/c1-15(2)13(17)19-9-11-5-7-12(8-6-11)10-20-14(18)16(3)4/h5-8H,9-10H2,1-4H3. The van der Waals surface area contributed by atoms with Crippen LogP contribution in [-0.2, 0) is 22.7 Å². The molecule has 0 spiro atoms. The zero-order valence-electron chi connectivity index (χ0n) is 12.3. The second kappa shape index (κ2) is 7.37. The van der Waals surface area contributed by atoms with Gasteiger partial charge in [-0.2, -0.15) is 0 Å². The van der Waals surface area contributed by atoms with Gasteiger partial charge in [0.25, 0.3) is 0 Å². The molecule has 0 aliphatic heterocycles. The summed E-state index contributed by atoms with van der Waals surface area (Å²) >= 11 is 0. The Kier molecular flexibility index (Phi) is 5.83. The molecule has 0 bridgehead atoms. The van der Waals surface area contributed by atoms with Crippen molar-refractivity contribution < 1.29 is 19.1 Å². The molecule has 1 aromatic carbocycles. The number of carbonyl (C=O) groups excluding carboxylic acids is 2. The Morgan fingerprint density at radius 1 is 0.800 bits per heavy atom. The number of rotatable bonds is 4. The third-order valence-electron chi connectivity index (χ3n) is 2.48. The second-order valence-corrected chi connectivity index (χ2v) is 4.71. The molecule has 2 amide bonds. The van der Waals surface area contributed by atoms with E-state index in [9.17, 15) is 9.59 Å². The Morgan fingerprint density at radius 2 is 1.10 bits per heavy atom. The van der Waals surface area contributed by atoms with Crippen LogP contribution in [0.15, 0.2) is 24.3 Å². The first-order valence-electron chi connectivity index (χ1n) is 6.16. The Hall–Kier alpha value is -2.24. The lowest BCUT2D eigenvalue weighted by Gasteiger charge is -2.12. The SMILES string of the molecule is CN(C)C(=O)OCc1ccc(COC(=O)N(C)C)cc1. The minimum atomic E-state index is -0.381. The van der Waals surface area contributed by atoms with Gasteiger partial charge in [-0.05, 0) is 11.1 Å². The van der Waals surface area contributed by atoms with Crippen LogP contribution in [0.3, 0.4) is 0 Å². The van der Waals surface area contributed by atoms with Gasteiger partial charge in [0.15, 0.2) is 0 Å². The van der Waals surface area contributed by atoms with E-state index in [1.54, 1.807) is 28.2 Å². The minimum Gasteiger partial charge on any atom is -0.445 e. The first kappa shape index (κ1) is 15.8. The highest BCUT2D eigenvalue weighted by atomic mass is 16.6. The van der Waals surface area contributed by atoms with Crippen LogP contribution in [0, 0.1) is 0 Å². The van der Waals surface area contributed by atoms with Gasteiger partial charge in [0.05, 0.1) is 0 Å². The van der Waals surface area contributed by atoms with Crippen LogP contribution in [0.1, 0.15) is 11.1 Å². The van der Waals surface area contributed by atoms with E-state index in [4.69, 9.17) is 9.47 Å². The van der Waals surface area contributed by atoms with Gasteiger partial charge in [-0.3, -0.25) is 0 Å². The van der Waals surface area contributed by atoms with Gasteiger partial charge >= 0.3 is 12.2 Å². The van der Waals surface area contributed by atoms with Crippen LogP contribution in [0.5, 0.6) is 0 Å². The van der Waals surface area contributed by atoms with Gasteiger partial charge in [0.1, 0.15) is 13.2 Å². The van der Waals surface area contributed by atoms with E-state index < -0.39 is 0 Å². The van der Waals surface area contributed by atoms with Crippen LogP contribution < -0.4 is 0 Å². The molecular weight excluding hydrogens is 260 g/mol. The topological polar surface area (TPSA) is 59.1 Å². The smallest absolute Gasteiger partial charge is 0.409 e. The molecular formula is C14H20N2O4. The first-order chi connectivity index (χ1) is 9.40. The summed E-state index contributed by atoms with van der Waals surface area (Å²) in [5.41, 5.74) is 1.76. The molecule has 0 saturated carbocycles. The molecule has 0 heterocycles. The van der Waals surface area contributed by atoms with Crippen molar-refractivity contribution in [2.45, 2.75) is 13.2 Å². The fourth-order valence-electron chi connectivity index (χ4n) is 1.28. The van der Waals surface area contributed by atoms with E-state index >= 15 is 0 Å². The summed E-state index contributed by atoms with van der Waals surface area (Å²) in [5.74, 6) is 0. The summed E-state index contributed by atoms with van der Waals surface area (Å²) in [7, 11) is 6.52. The molecule has 0 saturated heterocycles. The van der Waals surface area contributed by atoms with Crippen LogP contribution in [0.2, 0.25) is 0 Å². The number of ether oxygens (including phenoxy) is 2. The molecule has 6 nitrogen and oxygen atoms in total. The fraction of sp³-hybridized carbons (Fsp3) is 0.429. The van der Waals surface area contributed by atoms with Gasteiger partial charge in [-0.15, -0.1) is 0 Å². The number of nitrogens with zero attached hydrogens (tertiary/aromatic N) is 2. The number of amides is 2. The van der Waals surface area contributed by atoms with Gasteiger partial charge in [0, 0.05) is 28.2 Å². The molecule has 0 aliphatic carbocycles. The molecule has 110 valence electrons. The predicted molar refractivity (Wildman–Crippen MR) is 74.2 cm³/mol. The maximum absolute atomic E-state index is 11.3. The van der Waals surface area contributed by atoms with Crippen molar-refractivity contribution in [1.82, 2.24) is 9.80 Å². The molecule has 0 fully saturated rings. The molecule has 1 rings (SSSR count). The Bertz CT molecular complexity index is 412. The molecule has 1 aromatic rings. The average Bonchev–Trinajstić information content (AvgIpc) is 2.42. The van der Waals surface area contributed by atoms with Crippen LogP contribution in [0.4, 0.5) is 9.59 Å². The van der Waals surface area contributed by atoms with Crippen molar-refractivity contribution in [3.63, 3.8) is 0 Å². The fourth-order valence-corrected chi connectivity index (χ4v) is 1.28. The third-order valence-corrected chi connectivity index (χ3v) is 2.48. The van der Waals surface area contributed by atoms with Crippen LogP contribution in [-0.4, -0.2) is 50.2 Å². The predicted octanol–water partition coefficient (Wildman–Crippen LogP) is 2.08. The van der Waals surface area contributed by atoms with Crippen LogP contribution >= 0.6 is 0 Å². The molecule has 20 heavy (non-hydrogen) atoms. The monoisotopic (exact) mass is 280 g/mol. The van der Waals surface area contributed by atoms with E-state index in [-0.39, 0.29) is 25.4 Å². The summed E-state index contributed by atoms with van der Waals surface area (Å²) in [5, 5.41) is 0. The first-order valence-corrected chi connectivity index (χ1v) is 6.16. The zero-order chi connectivity index (χ0) is 15.1. The van der Waals surface area contributed by atoms with Crippen LogP contribution in [0.25, 0.3) is 0 Å². The number of hydrogen-bond acceptors (Lipinski definition) is 4. The van der Waals surface area contributed by atoms with Crippen molar-refractivity contribution in [3.05, 3.63) is 35.4 Å². The summed E-state index contributed by atoms with van der Waals surface area (Å²) in [6.07, 6.45) is -0.761. The molecule has 6 heteroatoms. The average molecular weight is 280 g/mol. The van der Waals surface area contributed by atoms with E-state index in [1.807, 2.05) is 24.3 Å². The molecule has 0 unspecified atom stereocenters. The van der Waals surface area contributed by atoms with Crippen molar-refractivity contribution in [1.29, 1.82) is 0 Å². The molecule has 0 atom stereocenters. The zero-order valence-corrected chi connectivity index (χ0v) is 12.3. The summed E-state index contributed by atoms with van der Waals surface area (Å²) < 4.78 is 10.1. The van der Waals surface area contributed by atoms with Crippen molar-refractivity contribution in [2.24, 2.45) is 0 Å². The van der Waals surface area contributed by atoms with Crippen molar-refractivity contribution in [2.75, 3.05) is 28.2 Å². The van der Waals surface area contributed by atoms with Gasteiger partial charge < -0.3 is 19.3 Å². The lowest BCUT2D eigenvalue weighted by atomic mass is 10.1. The van der Waals surface area contributed by atoms with Gasteiger partial charge in [-0.1, -0.05) is 24.3 Å². The summed E-state index contributed by atoms with van der Waals surface area (Å²) in [6, 6.07) is 7.34. The van der Waals surface area contributed by atoms with E-state index in [1.165, 1.54) is 9.80 Å². The molecule has 0 N–H and O–H groups in total. The largest absolute Gasteiger partial charge is 0.445 e. The number of benzene rings is 1. The Morgan fingerprint density at radius 3 is 1.35 bits per heavy atom. The number of carbonyl (C=O) groups is 2. The van der Waals surface area contributed by atoms with Gasteiger partial charge in [-0.25, -0.2) is 9.59 Å². The lowest BCUT2D eigenvalue weighted by Crippen LogP contribution is -2.22. The lowest BCUT2D eigenvalue weighted by molar-refractivity contribution is 0.110. The van der Waals surface area contributed by atoms with E-state index in [0.717, 1.165) is 11.1 Å². The Labute approximate surface area is 118 Å². The highest BCUT2D eigenvalue weighted by Gasteiger charge is 2.06. The maximum Gasteiger partial charge on any atom is 0.409 e. The Balaban J connectivity index is 2.44. The van der Waals surface area contributed by atoms with E-state index in [2.05, 4.69) is 0 Å². The van der Waals surface area contributed by atoms with E-state index in [0.29, 0.717) is 0 Å². The number of hydrogen-bond donors (Lipinski definition) is 0. The molecule has 0 radical (unpaired) electrons. The highest BCUT2D eigenvalue weighted by Crippen LogP contribution is 2.08. The van der Waals surface area contributed by atoms with Crippen molar-refractivity contribution in [3.8, 4) is 0 Å². The van der Waals surface area contributed by atoms with Gasteiger partial charge in [0.2, 0.25) is 0 Å². The third kappa shape index (κ3) is 5.17. The normalized spacial score (nSPS) is 9.80. The summed E-state index contributed by atoms with van der Waals surface area (Å²) in [6.45, 7) is 0.434. The molecule has 0 aliphatic rings. The second-order valence-electron chi connectivity index (χ2n) is 4.71. The highest BCUT2D eigenvalue weighted by molar-refractivity contribution is 5.67. The quantitative estimate of drug-likeness (QED) is 0.847. The summed E-state index contributed by atoms with van der Waals surface area (Å²) in [4.78, 5) is 25.3. The van der Waals surface area contributed by atoms with Crippen molar-refractivity contribution >= 4 is 12.2 Å².